The number of nitrogens with zero attached hydrogens (tertiary/aromatic N) is 3. The molecule has 4 heterocycles. The summed E-state index contributed by atoms with van der Waals surface area (Å²) in [6.07, 6.45) is 0.569. The maximum atomic E-state index is 12.5. The number of aromatic nitrogens is 2. The van der Waals surface area contributed by atoms with Crippen LogP contribution in [-0.4, -0.2) is 69.2 Å². The highest BCUT2D eigenvalue weighted by molar-refractivity contribution is 7.09. The van der Waals surface area contributed by atoms with Gasteiger partial charge in [-0.25, -0.2) is 4.79 Å². The van der Waals surface area contributed by atoms with E-state index in [-0.39, 0.29) is 18.1 Å². The standard InChI is InChI=1S/C17H22N4O2S.C2HF3O2/c1-20-9-12(8-18-20)17(22)19-14-11-21(10-13-4-3-7-24-13)15-5-2-6-23-16(14)15;3-2(4,5)1(6)7/h3-4,7-9,14-16H,2,5-6,10-11H2,1H3,(H,19,22);(H,6,7)/t14-,15+,16+;/m0./s1. The summed E-state index contributed by atoms with van der Waals surface area (Å²) in [5, 5.41) is 16.5. The summed E-state index contributed by atoms with van der Waals surface area (Å²) in [6, 6.07) is 4.68. The first-order chi connectivity index (χ1) is 14.6. The largest absolute Gasteiger partial charge is 0.490 e. The zero-order valence-electron chi connectivity index (χ0n) is 16.7. The minimum Gasteiger partial charge on any atom is -0.475 e. The predicted octanol–water partition coefficient (Wildman–Crippen LogP) is 2.28. The predicted molar refractivity (Wildman–Crippen MR) is 106 cm³/mol. The molecule has 0 radical (unpaired) electrons. The van der Waals surface area contributed by atoms with E-state index in [0.29, 0.717) is 11.6 Å². The Labute approximate surface area is 180 Å². The van der Waals surface area contributed by atoms with E-state index in [2.05, 4.69) is 32.8 Å². The Bertz CT molecular complexity index is 887. The highest BCUT2D eigenvalue weighted by Crippen LogP contribution is 2.31. The van der Waals surface area contributed by atoms with Gasteiger partial charge in [-0.05, 0) is 24.3 Å². The molecule has 0 unspecified atom stereocenters. The van der Waals surface area contributed by atoms with E-state index < -0.39 is 12.1 Å². The van der Waals surface area contributed by atoms with Gasteiger partial charge in [0.15, 0.2) is 0 Å². The Hall–Kier alpha value is -2.44. The molecular formula is C19H23F3N4O4S. The molecule has 2 aromatic heterocycles. The first-order valence-corrected chi connectivity index (χ1v) is 10.5. The van der Waals surface area contributed by atoms with E-state index in [1.165, 1.54) is 4.88 Å². The molecule has 0 aliphatic carbocycles. The van der Waals surface area contributed by atoms with Crippen molar-refractivity contribution in [2.45, 2.75) is 43.8 Å². The van der Waals surface area contributed by atoms with E-state index in [1.807, 2.05) is 7.05 Å². The van der Waals surface area contributed by atoms with Crippen molar-refractivity contribution < 1.29 is 32.6 Å². The summed E-state index contributed by atoms with van der Waals surface area (Å²) in [5.74, 6) is -2.83. The molecule has 2 N–H and O–H groups in total. The maximum absolute atomic E-state index is 12.5. The highest BCUT2D eigenvalue weighted by atomic mass is 32.1. The van der Waals surface area contributed by atoms with Gasteiger partial charge >= 0.3 is 12.1 Å². The van der Waals surface area contributed by atoms with Gasteiger partial charge in [0.2, 0.25) is 0 Å². The molecule has 0 aromatic carbocycles. The Balaban J connectivity index is 0.000000339. The van der Waals surface area contributed by atoms with Gasteiger partial charge in [-0.1, -0.05) is 6.07 Å². The number of aryl methyl sites for hydroxylation is 1. The molecular weight excluding hydrogens is 437 g/mol. The van der Waals surface area contributed by atoms with Crippen molar-refractivity contribution in [3.8, 4) is 0 Å². The second-order valence-corrected chi connectivity index (χ2v) is 8.37. The van der Waals surface area contributed by atoms with Gasteiger partial charge in [0.25, 0.3) is 5.91 Å². The molecule has 2 aliphatic rings. The fourth-order valence-electron chi connectivity index (χ4n) is 3.76. The van der Waals surface area contributed by atoms with E-state index in [4.69, 9.17) is 14.6 Å². The van der Waals surface area contributed by atoms with Crippen molar-refractivity contribution in [1.29, 1.82) is 0 Å². The Morgan fingerprint density at radius 3 is 2.74 bits per heavy atom. The number of likely N-dealkylation sites (tertiary alicyclic amines) is 1. The number of carboxylic acid groups (broad SMARTS) is 1. The van der Waals surface area contributed by atoms with Crippen LogP contribution in [0.2, 0.25) is 0 Å². The van der Waals surface area contributed by atoms with Gasteiger partial charge in [-0.15, -0.1) is 11.3 Å². The molecule has 2 aliphatic heterocycles. The SMILES string of the molecule is Cn1cc(C(=O)N[C@H]2CN(Cc3cccs3)[C@@H]3CCCO[C@H]23)cn1.O=C(O)C(F)(F)F. The van der Waals surface area contributed by atoms with Gasteiger partial charge in [-0.2, -0.15) is 18.3 Å². The van der Waals surface area contributed by atoms with E-state index in [0.717, 1.165) is 32.5 Å². The number of alkyl halides is 3. The zero-order chi connectivity index (χ0) is 22.6. The van der Waals surface area contributed by atoms with Crippen molar-refractivity contribution in [2.75, 3.05) is 13.2 Å². The molecule has 8 nitrogen and oxygen atoms in total. The van der Waals surface area contributed by atoms with E-state index in [9.17, 15) is 18.0 Å². The van der Waals surface area contributed by atoms with Crippen LogP contribution in [-0.2, 0) is 23.1 Å². The van der Waals surface area contributed by atoms with Crippen molar-refractivity contribution in [3.63, 3.8) is 0 Å². The summed E-state index contributed by atoms with van der Waals surface area (Å²) in [4.78, 5) is 25.2. The average molecular weight is 460 g/mol. The third-order valence-corrected chi connectivity index (χ3v) is 5.96. The number of carbonyl (C=O) groups is 2. The quantitative estimate of drug-likeness (QED) is 0.727. The van der Waals surface area contributed by atoms with E-state index in [1.54, 1.807) is 28.4 Å². The Morgan fingerprint density at radius 1 is 1.42 bits per heavy atom. The number of hydrogen-bond acceptors (Lipinski definition) is 6. The number of amides is 1. The number of fused-ring (bicyclic) bond motifs is 1. The number of hydrogen-bond donors (Lipinski definition) is 2. The fourth-order valence-corrected chi connectivity index (χ4v) is 4.49. The van der Waals surface area contributed by atoms with Gasteiger partial charge in [-0.3, -0.25) is 14.4 Å². The molecule has 170 valence electrons. The fraction of sp³-hybridized carbons (Fsp3) is 0.526. The minimum absolute atomic E-state index is 0.0305. The molecule has 2 aromatic rings. The maximum Gasteiger partial charge on any atom is 0.490 e. The Morgan fingerprint density at radius 2 is 2.16 bits per heavy atom. The first-order valence-electron chi connectivity index (χ1n) is 9.63. The molecule has 1 amide bonds. The monoisotopic (exact) mass is 460 g/mol. The second kappa shape index (κ2) is 9.79. The summed E-state index contributed by atoms with van der Waals surface area (Å²) >= 11 is 1.78. The second-order valence-electron chi connectivity index (χ2n) is 7.34. The van der Waals surface area contributed by atoms with Gasteiger partial charge in [0.1, 0.15) is 0 Å². The molecule has 4 rings (SSSR count). The van der Waals surface area contributed by atoms with Crippen LogP contribution in [0.5, 0.6) is 0 Å². The van der Waals surface area contributed by atoms with Gasteiger partial charge < -0.3 is 15.2 Å². The Kier molecular flexibility index (Phi) is 7.34. The van der Waals surface area contributed by atoms with Crippen LogP contribution in [0.3, 0.4) is 0 Å². The summed E-state index contributed by atoms with van der Waals surface area (Å²) in [6.45, 7) is 2.55. The van der Waals surface area contributed by atoms with Crippen LogP contribution in [0.15, 0.2) is 29.9 Å². The lowest BCUT2D eigenvalue weighted by Crippen LogP contribution is -2.47. The zero-order valence-corrected chi connectivity index (χ0v) is 17.5. The first kappa shape index (κ1) is 23.2. The van der Waals surface area contributed by atoms with Crippen LogP contribution >= 0.6 is 11.3 Å². The lowest BCUT2D eigenvalue weighted by molar-refractivity contribution is -0.192. The molecule has 0 bridgehead atoms. The van der Waals surface area contributed by atoms with Gasteiger partial charge in [0, 0.05) is 43.9 Å². The smallest absolute Gasteiger partial charge is 0.475 e. The molecule has 2 fully saturated rings. The number of carbonyl (C=O) groups excluding carboxylic acids is 1. The van der Waals surface area contributed by atoms with Crippen LogP contribution in [0.25, 0.3) is 0 Å². The summed E-state index contributed by atoms with van der Waals surface area (Å²) in [7, 11) is 1.81. The topological polar surface area (TPSA) is 96.7 Å². The van der Waals surface area contributed by atoms with Crippen LogP contribution in [0.1, 0.15) is 28.1 Å². The summed E-state index contributed by atoms with van der Waals surface area (Å²) in [5.41, 5.74) is 0.599. The third kappa shape index (κ3) is 6.05. The summed E-state index contributed by atoms with van der Waals surface area (Å²) < 4.78 is 39.4. The molecule has 12 heteroatoms. The number of carboxylic acids is 1. The molecule has 2 saturated heterocycles. The number of nitrogens with one attached hydrogen (secondary N) is 1. The average Bonchev–Trinajstić information content (AvgIpc) is 3.44. The molecule has 3 atom stereocenters. The lowest BCUT2D eigenvalue weighted by Gasteiger charge is -2.32. The third-order valence-electron chi connectivity index (χ3n) is 5.10. The number of halogens is 3. The normalized spacial score (nSPS) is 23.5. The number of ether oxygens (including phenoxy) is 1. The molecule has 31 heavy (non-hydrogen) atoms. The number of aliphatic carboxylic acids is 1. The van der Waals surface area contributed by atoms with Crippen LogP contribution in [0, 0.1) is 0 Å². The van der Waals surface area contributed by atoms with Crippen molar-refractivity contribution >= 4 is 23.2 Å². The lowest BCUT2D eigenvalue weighted by atomic mass is 10.0. The van der Waals surface area contributed by atoms with Crippen molar-refractivity contribution in [1.82, 2.24) is 20.0 Å². The minimum atomic E-state index is -5.08. The van der Waals surface area contributed by atoms with Crippen LogP contribution < -0.4 is 5.32 Å². The number of thiophene rings is 1. The van der Waals surface area contributed by atoms with Crippen molar-refractivity contribution in [2.24, 2.45) is 7.05 Å². The van der Waals surface area contributed by atoms with Gasteiger partial charge in [0.05, 0.1) is 23.9 Å². The number of rotatable bonds is 4. The van der Waals surface area contributed by atoms with E-state index >= 15 is 0 Å². The highest BCUT2D eigenvalue weighted by Gasteiger charge is 2.44. The molecule has 0 saturated carbocycles. The van der Waals surface area contributed by atoms with Crippen LogP contribution in [0.4, 0.5) is 13.2 Å². The van der Waals surface area contributed by atoms with Crippen molar-refractivity contribution in [3.05, 3.63) is 40.3 Å². The molecule has 0 spiro atoms.